The second-order valence-electron chi connectivity index (χ2n) is 7.67. The Labute approximate surface area is 174 Å². The lowest BCUT2D eigenvalue weighted by Crippen LogP contribution is -2.37. The molecule has 1 aromatic carbocycles. The fourth-order valence-electron chi connectivity index (χ4n) is 3.52. The minimum Gasteiger partial charge on any atom is -0.497 e. The first-order chi connectivity index (χ1) is 14.1. The summed E-state index contributed by atoms with van der Waals surface area (Å²) in [6, 6.07) is 5.71. The van der Waals surface area contributed by atoms with Gasteiger partial charge in [-0.25, -0.2) is 0 Å². The molecule has 1 unspecified atom stereocenters. The van der Waals surface area contributed by atoms with E-state index in [9.17, 15) is 9.90 Å². The lowest BCUT2D eigenvalue weighted by atomic mass is 10.1. The topological polar surface area (TPSA) is 83.1 Å². The average molecular weight is 408 g/mol. The van der Waals surface area contributed by atoms with Gasteiger partial charge in [0.25, 0.3) is 0 Å². The third-order valence-corrected chi connectivity index (χ3v) is 5.11. The number of β-amino-alcohol motifs (C(OH)–C–C–N with tert-alkyl or cyclic N) is 1. The number of benzene rings is 1. The normalized spacial score (nSPS) is 16.5. The zero-order valence-electron chi connectivity index (χ0n) is 17.9. The molecule has 0 bridgehead atoms. The molecule has 1 amide bonds. The van der Waals surface area contributed by atoms with E-state index in [0.717, 1.165) is 24.4 Å². The number of aliphatic hydroxyl groups excluding tert-OH is 1. The molecular weight excluding hydrogens is 370 g/mol. The Kier molecular flexibility index (Phi) is 10.8. The smallest absolute Gasteiger partial charge is 0.216 e. The molecule has 0 saturated carbocycles. The number of hydrogen-bond acceptors (Lipinski definition) is 6. The minimum atomic E-state index is -0.527. The predicted molar refractivity (Wildman–Crippen MR) is 114 cm³/mol. The number of carbonyl (C=O) groups is 1. The summed E-state index contributed by atoms with van der Waals surface area (Å²) in [5, 5.41) is 16.5. The van der Waals surface area contributed by atoms with Crippen LogP contribution >= 0.6 is 0 Å². The number of nitrogens with one attached hydrogen (secondary N) is 2. The molecule has 0 radical (unpaired) electrons. The number of aliphatic hydroxyl groups is 1. The van der Waals surface area contributed by atoms with E-state index in [1.807, 2.05) is 18.2 Å². The Hall–Kier alpha value is -1.83. The number of nitrogens with zero attached hydrogens (tertiary/aromatic N) is 1. The fourth-order valence-corrected chi connectivity index (χ4v) is 3.52. The highest BCUT2D eigenvalue weighted by Gasteiger charge is 2.15. The van der Waals surface area contributed by atoms with Gasteiger partial charge in [0.15, 0.2) is 0 Å². The van der Waals surface area contributed by atoms with Crippen LogP contribution in [0.2, 0.25) is 0 Å². The van der Waals surface area contributed by atoms with Gasteiger partial charge >= 0.3 is 0 Å². The summed E-state index contributed by atoms with van der Waals surface area (Å²) in [5.41, 5.74) is 0.993. The van der Waals surface area contributed by atoms with Crippen molar-refractivity contribution in [3.8, 4) is 11.5 Å². The first-order valence-corrected chi connectivity index (χ1v) is 10.7. The largest absolute Gasteiger partial charge is 0.497 e. The first-order valence-electron chi connectivity index (χ1n) is 10.7. The maximum absolute atomic E-state index is 10.9. The van der Waals surface area contributed by atoms with Crippen molar-refractivity contribution < 1.29 is 19.4 Å². The highest BCUT2D eigenvalue weighted by molar-refractivity contribution is 5.72. The Bertz CT molecular complexity index is 604. The number of carbonyl (C=O) groups excluding carboxylic acids is 1. The number of hydrogen-bond donors (Lipinski definition) is 3. The lowest BCUT2D eigenvalue weighted by molar-refractivity contribution is -0.118. The van der Waals surface area contributed by atoms with Gasteiger partial charge in [0.2, 0.25) is 5.91 Å². The maximum atomic E-state index is 10.9. The summed E-state index contributed by atoms with van der Waals surface area (Å²) in [5.74, 6) is 1.40. The summed E-state index contributed by atoms with van der Waals surface area (Å²) >= 11 is 0. The van der Waals surface area contributed by atoms with Crippen LogP contribution < -0.4 is 20.1 Å². The van der Waals surface area contributed by atoms with Crippen LogP contribution in [-0.2, 0) is 11.3 Å². The van der Waals surface area contributed by atoms with Crippen molar-refractivity contribution in [2.75, 3.05) is 46.4 Å². The zero-order chi connectivity index (χ0) is 20.9. The summed E-state index contributed by atoms with van der Waals surface area (Å²) in [6.45, 7) is 6.38. The van der Waals surface area contributed by atoms with E-state index >= 15 is 0 Å². The molecule has 2 rings (SSSR count). The van der Waals surface area contributed by atoms with Crippen LogP contribution in [0.1, 0.15) is 44.6 Å². The van der Waals surface area contributed by atoms with Gasteiger partial charge in [-0.1, -0.05) is 25.3 Å². The lowest BCUT2D eigenvalue weighted by Gasteiger charge is -2.27. The van der Waals surface area contributed by atoms with Gasteiger partial charge < -0.3 is 30.1 Å². The van der Waals surface area contributed by atoms with Gasteiger partial charge in [0, 0.05) is 44.7 Å². The van der Waals surface area contributed by atoms with E-state index in [0.29, 0.717) is 31.9 Å². The Morgan fingerprint density at radius 1 is 1.17 bits per heavy atom. The molecule has 1 saturated heterocycles. The molecule has 1 fully saturated rings. The molecule has 7 heteroatoms. The molecule has 1 aliphatic heterocycles. The number of rotatable bonds is 11. The molecular formula is C22H37N3O4. The Morgan fingerprint density at radius 3 is 2.59 bits per heavy atom. The van der Waals surface area contributed by atoms with E-state index in [4.69, 9.17) is 9.47 Å². The molecule has 0 aliphatic carbocycles. The predicted octanol–water partition coefficient (Wildman–Crippen LogP) is 1.93. The van der Waals surface area contributed by atoms with Crippen LogP contribution in [0.25, 0.3) is 0 Å². The number of methoxy groups -OCH3 is 1. The molecule has 29 heavy (non-hydrogen) atoms. The van der Waals surface area contributed by atoms with Crippen molar-refractivity contribution in [2.45, 2.75) is 51.7 Å². The Morgan fingerprint density at radius 2 is 1.90 bits per heavy atom. The van der Waals surface area contributed by atoms with Gasteiger partial charge in [0.05, 0.1) is 7.11 Å². The van der Waals surface area contributed by atoms with Crippen LogP contribution in [0.4, 0.5) is 0 Å². The highest BCUT2D eigenvalue weighted by Crippen LogP contribution is 2.25. The second-order valence-corrected chi connectivity index (χ2v) is 7.67. The van der Waals surface area contributed by atoms with Crippen molar-refractivity contribution >= 4 is 5.91 Å². The van der Waals surface area contributed by atoms with Crippen LogP contribution in [0, 0.1) is 0 Å². The second kappa shape index (κ2) is 13.4. The summed E-state index contributed by atoms with van der Waals surface area (Å²) in [4.78, 5) is 13.3. The van der Waals surface area contributed by atoms with Crippen molar-refractivity contribution in [3.63, 3.8) is 0 Å². The zero-order valence-corrected chi connectivity index (χ0v) is 17.9. The molecule has 3 N–H and O–H groups in total. The molecule has 1 atom stereocenters. The molecule has 164 valence electrons. The van der Waals surface area contributed by atoms with E-state index in [2.05, 4.69) is 15.5 Å². The van der Waals surface area contributed by atoms with Crippen molar-refractivity contribution in [2.24, 2.45) is 0 Å². The summed E-state index contributed by atoms with van der Waals surface area (Å²) in [6.07, 6.45) is 5.78. The maximum Gasteiger partial charge on any atom is 0.216 e. The minimum absolute atomic E-state index is 0.0331. The number of amides is 1. The third-order valence-electron chi connectivity index (χ3n) is 5.11. The SMILES string of the molecule is COc1ccc(CNCCNC(C)=O)c(OCC(O)CN2CCCCCCC2)c1. The molecule has 0 aromatic heterocycles. The molecule has 0 spiro atoms. The number of ether oxygens (including phenoxy) is 2. The first kappa shape index (κ1) is 23.4. The average Bonchev–Trinajstić information content (AvgIpc) is 2.68. The monoisotopic (exact) mass is 407 g/mol. The third kappa shape index (κ3) is 9.47. The number of likely N-dealkylation sites (tertiary alicyclic amines) is 1. The van der Waals surface area contributed by atoms with Crippen molar-refractivity contribution in [1.29, 1.82) is 0 Å². The molecule has 7 nitrogen and oxygen atoms in total. The van der Waals surface area contributed by atoms with E-state index < -0.39 is 6.10 Å². The standard InChI is InChI=1S/C22H37N3O4/c1-18(26)24-11-10-23-15-19-8-9-21(28-2)14-22(19)29-17-20(27)16-25-12-6-4-3-5-7-13-25/h8-9,14,20,23,27H,3-7,10-13,15-17H2,1-2H3,(H,24,26). The van der Waals surface area contributed by atoms with Gasteiger partial charge in [-0.3, -0.25) is 4.79 Å². The van der Waals surface area contributed by atoms with Crippen molar-refractivity contribution in [1.82, 2.24) is 15.5 Å². The molecule has 1 aromatic rings. The van der Waals surface area contributed by atoms with Gasteiger partial charge in [0.1, 0.15) is 24.2 Å². The Balaban J connectivity index is 1.84. The van der Waals surface area contributed by atoms with Gasteiger partial charge in [-0.05, 0) is 32.0 Å². The van der Waals surface area contributed by atoms with Crippen molar-refractivity contribution in [3.05, 3.63) is 23.8 Å². The quantitative estimate of drug-likeness (QED) is 0.486. The van der Waals surface area contributed by atoms with E-state index in [1.165, 1.54) is 39.0 Å². The van der Waals surface area contributed by atoms with E-state index in [-0.39, 0.29) is 12.5 Å². The molecule has 1 aliphatic rings. The molecule has 1 heterocycles. The highest BCUT2D eigenvalue weighted by atomic mass is 16.5. The van der Waals surface area contributed by atoms with Crippen LogP contribution in [0.15, 0.2) is 18.2 Å². The van der Waals surface area contributed by atoms with Gasteiger partial charge in [-0.15, -0.1) is 0 Å². The fraction of sp³-hybridized carbons (Fsp3) is 0.682. The van der Waals surface area contributed by atoms with Crippen LogP contribution in [0.5, 0.6) is 11.5 Å². The van der Waals surface area contributed by atoms with Crippen LogP contribution in [-0.4, -0.2) is 68.5 Å². The van der Waals surface area contributed by atoms with E-state index in [1.54, 1.807) is 7.11 Å². The summed E-state index contributed by atoms with van der Waals surface area (Å²) in [7, 11) is 1.63. The van der Waals surface area contributed by atoms with Gasteiger partial charge in [-0.2, -0.15) is 0 Å². The summed E-state index contributed by atoms with van der Waals surface area (Å²) < 4.78 is 11.3. The van der Waals surface area contributed by atoms with Crippen LogP contribution in [0.3, 0.4) is 0 Å².